The van der Waals surface area contributed by atoms with Crippen LogP contribution in [0.15, 0.2) is 30.5 Å². The largest absolute Gasteiger partial charge is 0.448 e. The fraction of sp³-hybridized carbons (Fsp3) is 0.391. The second-order valence-corrected chi connectivity index (χ2v) is 8.10. The minimum Gasteiger partial charge on any atom is -0.448 e. The van der Waals surface area contributed by atoms with E-state index in [1.54, 1.807) is 4.90 Å². The van der Waals surface area contributed by atoms with Gasteiger partial charge in [-0.3, -0.25) is 9.69 Å². The van der Waals surface area contributed by atoms with Crippen LogP contribution in [0.5, 0.6) is 0 Å². The van der Waals surface area contributed by atoms with Gasteiger partial charge in [0.1, 0.15) is 6.61 Å². The molecule has 0 aliphatic carbocycles. The number of hydrogen-bond donors (Lipinski definition) is 2. The number of ether oxygens (including phenoxy) is 2. The summed E-state index contributed by atoms with van der Waals surface area (Å²) in [5.74, 6) is -0.0976. The Morgan fingerprint density at radius 1 is 1.03 bits per heavy atom. The van der Waals surface area contributed by atoms with Crippen LogP contribution in [-0.2, 0) is 27.2 Å². The number of amides is 2. The summed E-state index contributed by atoms with van der Waals surface area (Å²) in [6.07, 6.45) is 4.38. The van der Waals surface area contributed by atoms with Crippen LogP contribution in [-0.4, -0.2) is 72.8 Å². The molecule has 3 aliphatic heterocycles. The zero-order chi connectivity index (χ0) is 21.2. The molecule has 3 aliphatic rings. The van der Waals surface area contributed by atoms with E-state index in [4.69, 9.17) is 9.47 Å². The van der Waals surface area contributed by atoms with Crippen molar-refractivity contribution in [3.8, 4) is 0 Å². The highest BCUT2D eigenvalue weighted by Crippen LogP contribution is 2.34. The number of fused-ring (bicyclic) bond motifs is 1. The second-order valence-electron chi connectivity index (χ2n) is 8.10. The Morgan fingerprint density at radius 2 is 1.88 bits per heavy atom. The Balaban J connectivity index is 0.00000245. The smallest absolute Gasteiger partial charge is 0.409 e. The van der Waals surface area contributed by atoms with Crippen LogP contribution in [0.3, 0.4) is 0 Å². The molecule has 0 bridgehead atoms. The number of morpholine rings is 1. The number of carbonyl (C=O) groups excluding carboxylic acids is 2. The van der Waals surface area contributed by atoms with Crippen LogP contribution < -0.4 is 5.32 Å². The minimum absolute atomic E-state index is 0. The summed E-state index contributed by atoms with van der Waals surface area (Å²) in [5, 5.41) is 2.94. The number of nitrogens with zero attached hydrogens (tertiary/aromatic N) is 2. The minimum atomic E-state index is -0.252. The third-order valence-electron chi connectivity index (χ3n) is 5.96. The van der Waals surface area contributed by atoms with Crippen LogP contribution in [0.25, 0.3) is 11.6 Å². The van der Waals surface area contributed by atoms with Gasteiger partial charge >= 0.3 is 6.09 Å². The summed E-state index contributed by atoms with van der Waals surface area (Å²) in [4.78, 5) is 31.6. The van der Waals surface area contributed by atoms with E-state index in [2.05, 4.69) is 21.3 Å². The van der Waals surface area contributed by atoms with Crippen molar-refractivity contribution >= 4 is 41.7 Å². The van der Waals surface area contributed by atoms with Crippen LogP contribution >= 0.6 is 12.4 Å². The van der Waals surface area contributed by atoms with Crippen LogP contribution in [0, 0.1) is 0 Å². The summed E-state index contributed by atoms with van der Waals surface area (Å²) in [7, 11) is 0. The maximum Gasteiger partial charge on any atom is 0.409 e. The number of anilines is 1. The molecule has 0 atom stereocenters. The van der Waals surface area contributed by atoms with Crippen molar-refractivity contribution in [2.75, 3.05) is 51.3 Å². The maximum atomic E-state index is 12.6. The molecular formula is C23H27ClN4O4. The second kappa shape index (κ2) is 9.77. The maximum absolute atomic E-state index is 12.6. The third kappa shape index (κ3) is 4.82. The molecule has 32 heavy (non-hydrogen) atoms. The number of halogens is 1. The van der Waals surface area contributed by atoms with Gasteiger partial charge < -0.3 is 24.7 Å². The van der Waals surface area contributed by atoms with Gasteiger partial charge in [0.15, 0.2) is 0 Å². The number of aromatic nitrogens is 1. The summed E-state index contributed by atoms with van der Waals surface area (Å²) in [5.41, 5.74) is 5.55. The molecule has 170 valence electrons. The molecule has 8 nitrogen and oxygen atoms in total. The third-order valence-corrected chi connectivity index (χ3v) is 5.96. The van der Waals surface area contributed by atoms with Crippen molar-refractivity contribution in [3.05, 3.63) is 52.8 Å². The molecule has 2 amide bonds. The van der Waals surface area contributed by atoms with Crippen LogP contribution in [0.2, 0.25) is 0 Å². The lowest BCUT2D eigenvalue weighted by Crippen LogP contribution is -2.35. The molecule has 4 heterocycles. The van der Waals surface area contributed by atoms with Crippen molar-refractivity contribution in [1.82, 2.24) is 14.8 Å². The highest BCUT2D eigenvalue weighted by molar-refractivity contribution is 6.34. The van der Waals surface area contributed by atoms with Crippen LogP contribution in [0.1, 0.15) is 22.4 Å². The van der Waals surface area contributed by atoms with Gasteiger partial charge in [0.25, 0.3) is 5.91 Å². The molecule has 9 heteroatoms. The topological polar surface area (TPSA) is 86.9 Å². The fourth-order valence-electron chi connectivity index (χ4n) is 4.23. The van der Waals surface area contributed by atoms with E-state index < -0.39 is 0 Å². The zero-order valence-corrected chi connectivity index (χ0v) is 18.6. The number of benzene rings is 1. The molecule has 1 aromatic heterocycles. The molecule has 0 radical (unpaired) electrons. The monoisotopic (exact) mass is 458 g/mol. The number of cyclic esters (lactones) is 1. The molecule has 2 fully saturated rings. The highest BCUT2D eigenvalue weighted by Gasteiger charge is 2.25. The summed E-state index contributed by atoms with van der Waals surface area (Å²) >= 11 is 0. The lowest BCUT2D eigenvalue weighted by molar-refractivity contribution is -0.110. The summed E-state index contributed by atoms with van der Waals surface area (Å²) < 4.78 is 10.4. The van der Waals surface area contributed by atoms with E-state index in [0.29, 0.717) is 25.3 Å². The summed E-state index contributed by atoms with van der Waals surface area (Å²) in [6, 6.07) is 8.07. The first-order chi connectivity index (χ1) is 15.2. The lowest BCUT2D eigenvalue weighted by atomic mass is 10.0. The standard InChI is InChI=1S/C23H26N4O4.ClH/c28-22-20(13-18-11-17(14-24-18)15-26-5-8-30-9-6-26)19-12-16(1-2-21(19)25-22)3-4-27-7-10-31-23(27)29;/h1-2,11-14,24H,3-10,15H2,(H,25,28);1H. The number of H-pyrrole nitrogens is 1. The van der Waals surface area contributed by atoms with Gasteiger partial charge in [0, 0.05) is 49.3 Å². The van der Waals surface area contributed by atoms with Gasteiger partial charge in [-0.2, -0.15) is 0 Å². The zero-order valence-electron chi connectivity index (χ0n) is 17.8. The van der Waals surface area contributed by atoms with Gasteiger partial charge in [-0.15, -0.1) is 12.4 Å². The van der Waals surface area contributed by atoms with E-state index in [0.717, 1.165) is 61.8 Å². The molecule has 2 saturated heterocycles. The van der Waals surface area contributed by atoms with Crippen molar-refractivity contribution in [3.63, 3.8) is 0 Å². The Labute approximate surface area is 193 Å². The molecule has 2 aromatic rings. The Hall–Kier alpha value is -2.81. The number of rotatable bonds is 6. The first-order valence-electron chi connectivity index (χ1n) is 10.7. The fourth-order valence-corrected chi connectivity index (χ4v) is 4.23. The molecule has 2 N–H and O–H groups in total. The van der Waals surface area contributed by atoms with Gasteiger partial charge in [0.2, 0.25) is 0 Å². The van der Waals surface area contributed by atoms with E-state index in [1.807, 2.05) is 30.5 Å². The average molecular weight is 459 g/mol. The first kappa shape index (κ1) is 22.4. The molecular weight excluding hydrogens is 432 g/mol. The van der Waals surface area contributed by atoms with Crippen molar-refractivity contribution in [1.29, 1.82) is 0 Å². The molecule has 5 rings (SSSR count). The Bertz CT molecular complexity index is 1030. The van der Waals surface area contributed by atoms with Crippen molar-refractivity contribution in [2.24, 2.45) is 0 Å². The van der Waals surface area contributed by atoms with E-state index in [9.17, 15) is 9.59 Å². The molecule has 0 spiro atoms. The predicted molar refractivity (Wildman–Crippen MR) is 124 cm³/mol. The number of aromatic amines is 1. The first-order valence-corrected chi connectivity index (χ1v) is 10.7. The average Bonchev–Trinajstić information content (AvgIpc) is 3.47. The molecule has 0 saturated carbocycles. The van der Waals surface area contributed by atoms with E-state index in [-0.39, 0.29) is 24.4 Å². The predicted octanol–water partition coefficient (Wildman–Crippen LogP) is 2.76. The van der Waals surface area contributed by atoms with Crippen molar-refractivity contribution in [2.45, 2.75) is 13.0 Å². The Kier molecular flexibility index (Phi) is 6.83. The van der Waals surface area contributed by atoms with Gasteiger partial charge in [0.05, 0.1) is 25.3 Å². The van der Waals surface area contributed by atoms with E-state index in [1.165, 1.54) is 5.56 Å². The number of nitrogens with one attached hydrogen (secondary N) is 2. The normalized spacial score (nSPS) is 19.6. The molecule has 0 unspecified atom stereocenters. The number of carbonyl (C=O) groups is 2. The van der Waals surface area contributed by atoms with Crippen molar-refractivity contribution < 1.29 is 19.1 Å². The highest BCUT2D eigenvalue weighted by atomic mass is 35.5. The van der Waals surface area contributed by atoms with Gasteiger partial charge in [-0.1, -0.05) is 6.07 Å². The van der Waals surface area contributed by atoms with Gasteiger partial charge in [-0.25, -0.2) is 4.79 Å². The molecule has 1 aromatic carbocycles. The number of hydrogen-bond acceptors (Lipinski definition) is 5. The lowest BCUT2D eigenvalue weighted by Gasteiger charge is -2.25. The van der Waals surface area contributed by atoms with Gasteiger partial charge in [-0.05, 0) is 41.8 Å². The quantitative estimate of drug-likeness (QED) is 0.650. The van der Waals surface area contributed by atoms with E-state index >= 15 is 0 Å². The summed E-state index contributed by atoms with van der Waals surface area (Å²) in [6.45, 7) is 6.00. The van der Waals surface area contributed by atoms with Crippen LogP contribution in [0.4, 0.5) is 10.5 Å². The SMILES string of the molecule is Cl.O=C1Nc2ccc(CCN3CCOC3=O)cc2C1=Cc1cc(CN2CCOCC2)c[nH]1. The Morgan fingerprint density at radius 3 is 2.66 bits per heavy atom.